The minimum Gasteiger partial charge on any atom is -0.491 e. The number of benzene rings is 1. The molecule has 4 nitrogen and oxygen atoms in total. The molecule has 3 atom stereocenters. The van der Waals surface area contributed by atoms with Gasteiger partial charge in [-0.3, -0.25) is 4.79 Å². The third-order valence-corrected chi connectivity index (χ3v) is 4.19. The van der Waals surface area contributed by atoms with Crippen molar-refractivity contribution in [1.82, 2.24) is 5.32 Å². The molecule has 0 saturated heterocycles. The summed E-state index contributed by atoms with van der Waals surface area (Å²) >= 11 is 0. The van der Waals surface area contributed by atoms with Crippen LogP contribution in [0, 0.1) is 0 Å². The summed E-state index contributed by atoms with van der Waals surface area (Å²) in [7, 11) is 1.73. The van der Waals surface area contributed by atoms with Crippen LogP contribution in [0.5, 0.6) is 5.75 Å². The van der Waals surface area contributed by atoms with Crippen molar-refractivity contribution in [3.05, 3.63) is 29.8 Å². The Morgan fingerprint density at radius 2 is 1.90 bits per heavy atom. The molecule has 1 aromatic carbocycles. The molecule has 0 bridgehead atoms. The SMILES string of the molecule is CCC(C)c1ccc(OC(C)CC(C)(NC)C(N)=O)cc1. The molecule has 3 N–H and O–H groups in total. The van der Waals surface area contributed by atoms with Crippen molar-refractivity contribution in [3.8, 4) is 5.75 Å². The summed E-state index contributed by atoms with van der Waals surface area (Å²) in [6.07, 6.45) is 1.53. The zero-order valence-electron chi connectivity index (χ0n) is 13.8. The standard InChI is InChI=1S/C17H28N2O2/c1-6-12(2)14-7-9-15(10-8-14)21-13(3)11-17(4,19-5)16(18)20/h7-10,12-13,19H,6,11H2,1-5H3,(H2,18,20). The van der Waals surface area contributed by atoms with Gasteiger partial charge in [-0.1, -0.05) is 26.0 Å². The van der Waals surface area contributed by atoms with E-state index < -0.39 is 5.54 Å². The quantitative estimate of drug-likeness (QED) is 0.774. The van der Waals surface area contributed by atoms with Crippen molar-refractivity contribution >= 4 is 5.91 Å². The topological polar surface area (TPSA) is 64.3 Å². The van der Waals surface area contributed by atoms with Crippen molar-refractivity contribution in [2.45, 2.75) is 58.1 Å². The fourth-order valence-electron chi connectivity index (χ4n) is 2.29. The molecule has 0 aliphatic rings. The van der Waals surface area contributed by atoms with Crippen LogP contribution in [0.15, 0.2) is 24.3 Å². The van der Waals surface area contributed by atoms with Gasteiger partial charge in [0.15, 0.2) is 0 Å². The van der Waals surface area contributed by atoms with Crippen LogP contribution < -0.4 is 15.8 Å². The average Bonchev–Trinajstić information content (AvgIpc) is 2.46. The Labute approximate surface area is 128 Å². The number of rotatable bonds is 8. The third-order valence-electron chi connectivity index (χ3n) is 4.19. The molecule has 0 radical (unpaired) electrons. The number of primary amides is 1. The fraction of sp³-hybridized carbons (Fsp3) is 0.588. The number of ether oxygens (including phenoxy) is 1. The molecule has 0 fully saturated rings. The average molecular weight is 292 g/mol. The fourth-order valence-corrected chi connectivity index (χ4v) is 2.29. The van der Waals surface area contributed by atoms with Gasteiger partial charge in [0, 0.05) is 6.42 Å². The second-order valence-corrected chi connectivity index (χ2v) is 5.96. The van der Waals surface area contributed by atoms with Gasteiger partial charge in [-0.15, -0.1) is 0 Å². The highest BCUT2D eigenvalue weighted by molar-refractivity contribution is 5.84. The van der Waals surface area contributed by atoms with E-state index in [9.17, 15) is 4.79 Å². The zero-order chi connectivity index (χ0) is 16.0. The van der Waals surface area contributed by atoms with Crippen LogP contribution in [0.1, 0.15) is 52.0 Å². The summed E-state index contributed by atoms with van der Waals surface area (Å²) in [5.41, 5.74) is 6.00. The van der Waals surface area contributed by atoms with Gasteiger partial charge in [0.25, 0.3) is 0 Å². The number of amides is 1. The third kappa shape index (κ3) is 4.74. The van der Waals surface area contributed by atoms with E-state index in [2.05, 4.69) is 31.3 Å². The lowest BCUT2D eigenvalue weighted by Crippen LogP contribution is -2.53. The second kappa shape index (κ2) is 7.46. The molecule has 0 heterocycles. The predicted molar refractivity (Wildman–Crippen MR) is 86.5 cm³/mol. The molecule has 0 aliphatic heterocycles. The molecule has 21 heavy (non-hydrogen) atoms. The molecule has 0 saturated carbocycles. The highest BCUT2D eigenvalue weighted by Crippen LogP contribution is 2.23. The maximum Gasteiger partial charge on any atom is 0.237 e. The van der Waals surface area contributed by atoms with Crippen LogP contribution in [-0.2, 0) is 4.79 Å². The van der Waals surface area contributed by atoms with E-state index in [0.717, 1.165) is 12.2 Å². The van der Waals surface area contributed by atoms with Gasteiger partial charge in [-0.05, 0) is 50.9 Å². The van der Waals surface area contributed by atoms with Gasteiger partial charge in [-0.2, -0.15) is 0 Å². The van der Waals surface area contributed by atoms with E-state index in [1.54, 1.807) is 14.0 Å². The Morgan fingerprint density at radius 3 is 2.33 bits per heavy atom. The van der Waals surface area contributed by atoms with Gasteiger partial charge >= 0.3 is 0 Å². The van der Waals surface area contributed by atoms with Crippen LogP contribution in [0.3, 0.4) is 0 Å². The van der Waals surface area contributed by atoms with Gasteiger partial charge < -0.3 is 15.8 Å². The largest absolute Gasteiger partial charge is 0.491 e. The maximum atomic E-state index is 11.5. The van der Waals surface area contributed by atoms with Crippen LogP contribution in [0.25, 0.3) is 0 Å². The lowest BCUT2D eigenvalue weighted by atomic mass is 9.94. The van der Waals surface area contributed by atoms with Crippen LogP contribution in [0.4, 0.5) is 0 Å². The van der Waals surface area contributed by atoms with E-state index in [1.165, 1.54) is 5.56 Å². The number of carbonyl (C=O) groups excluding carboxylic acids is 1. The van der Waals surface area contributed by atoms with Crippen molar-refractivity contribution in [1.29, 1.82) is 0 Å². The molecule has 1 aromatic rings. The number of nitrogens with one attached hydrogen (secondary N) is 1. The molecule has 0 aliphatic carbocycles. The summed E-state index contributed by atoms with van der Waals surface area (Å²) < 4.78 is 5.88. The van der Waals surface area contributed by atoms with Gasteiger partial charge in [0.05, 0.1) is 11.6 Å². The molecule has 1 rings (SSSR count). The van der Waals surface area contributed by atoms with E-state index in [0.29, 0.717) is 12.3 Å². The number of carbonyl (C=O) groups is 1. The highest BCUT2D eigenvalue weighted by atomic mass is 16.5. The van der Waals surface area contributed by atoms with E-state index in [4.69, 9.17) is 10.5 Å². The molecule has 0 spiro atoms. The first-order valence-corrected chi connectivity index (χ1v) is 7.57. The maximum absolute atomic E-state index is 11.5. The Hall–Kier alpha value is -1.55. The number of likely N-dealkylation sites (N-methyl/N-ethyl adjacent to an activating group) is 1. The molecule has 1 amide bonds. The minimum absolute atomic E-state index is 0.107. The molecule has 4 heteroatoms. The van der Waals surface area contributed by atoms with Crippen LogP contribution >= 0.6 is 0 Å². The summed E-state index contributed by atoms with van der Waals surface area (Å²) in [5, 5.41) is 2.97. The van der Waals surface area contributed by atoms with E-state index in [1.807, 2.05) is 19.1 Å². The van der Waals surface area contributed by atoms with E-state index in [-0.39, 0.29) is 12.0 Å². The van der Waals surface area contributed by atoms with Crippen molar-refractivity contribution in [3.63, 3.8) is 0 Å². The predicted octanol–water partition coefficient (Wildman–Crippen LogP) is 2.82. The number of hydrogen-bond acceptors (Lipinski definition) is 3. The summed E-state index contributed by atoms with van der Waals surface area (Å²) in [4.78, 5) is 11.5. The molecular weight excluding hydrogens is 264 g/mol. The first-order valence-electron chi connectivity index (χ1n) is 7.57. The Kier molecular flexibility index (Phi) is 6.21. The molecule has 0 aromatic heterocycles. The number of hydrogen-bond donors (Lipinski definition) is 2. The Balaban J connectivity index is 2.66. The first-order chi connectivity index (χ1) is 9.82. The number of nitrogens with two attached hydrogens (primary N) is 1. The monoisotopic (exact) mass is 292 g/mol. The van der Waals surface area contributed by atoms with Crippen molar-refractivity contribution in [2.75, 3.05) is 7.05 Å². The normalized spacial score (nSPS) is 16.8. The van der Waals surface area contributed by atoms with Crippen molar-refractivity contribution < 1.29 is 9.53 Å². The molecular formula is C17H28N2O2. The lowest BCUT2D eigenvalue weighted by Gasteiger charge is -2.29. The van der Waals surface area contributed by atoms with Crippen LogP contribution in [-0.4, -0.2) is 24.6 Å². The zero-order valence-corrected chi connectivity index (χ0v) is 13.8. The molecule has 3 unspecified atom stereocenters. The first kappa shape index (κ1) is 17.5. The smallest absolute Gasteiger partial charge is 0.237 e. The highest BCUT2D eigenvalue weighted by Gasteiger charge is 2.31. The Morgan fingerprint density at radius 1 is 1.33 bits per heavy atom. The van der Waals surface area contributed by atoms with E-state index >= 15 is 0 Å². The van der Waals surface area contributed by atoms with Gasteiger partial charge in [0.2, 0.25) is 5.91 Å². The summed E-state index contributed by atoms with van der Waals surface area (Å²) in [5.74, 6) is 1.00. The molecule has 118 valence electrons. The second-order valence-electron chi connectivity index (χ2n) is 5.96. The van der Waals surface area contributed by atoms with Gasteiger partial charge in [0.1, 0.15) is 5.75 Å². The lowest BCUT2D eigenvalue weighted by molar-refractivity contribution is -0.124. The van der Waals surface area contributed by atoms with Crippen molar-refractivity contribution in [2.24, 2.45) is 5.73 Å². The summed E-state index contributed by atoms with van der Waals surface area (Å²) in [6.45, 7) is 8.13. The summed E-state index contributed by atoms with van der Waals surface area (Å²) in [6, 6.07) is 8.17. The van der Waals surface area contributed by atoms with Crippen LogP contribution in [0.2, 0.25) is 0 Å². The minimum atomic E-state index is -0.754. The van der Waals surface area contributed by atoms with Gasteiger partial charge in [-0.25, -0.2) is 0 Å². The Bertz CT molecular complexity index is 458.